The number of hydrogen-bond acceptors (Lipinski definition) is 2. The van der Waals surface area contributed by atoms with Crippen LogP contribution >= 0.6 is 0 Å². The first kappa shape index (κ1) is 10.7. The molecule has 0 amide bonds. The SMILES string of the molecule is OC(CCc1ccco1)CC1CCCC1. The summed E-state index contributed by atoms with van der Waals surface area (Å²) in [6.45, 7) is 0. The molecule has 1 fully saturated rings. The topological polar surface area (TPSA) is 33.4 Å². The Kier molecular flexibility index (Phi) is 3.84. The third-order valence-electron chi connectivity index (χ3n) is 3.38. The Labute approximate surface area is 91.3 Å². The maximum atomic E-state index is 9.87. The van der Waals surface area contributed by atoms with Crippen molar-refractivity contribution >= 4 is 0 Å². The van der Waals surface area contributed by atoms with Gasteiger partial charge in [0.05, 0.1) is 12.4 Å². The molecule has 1 aliphatic carbocycles. The van der Waals surface area contributed by atoms with Crippen molar-refractivity contribution in [3.05, 3.63) is 24.2 Å². The standard InChI is InChI=1S/C13H20O2/c14-12(10-11-4-1-2-5-11)7-8-13-6-3-9-15-13/h3,6,9,11-12,14H,1-2,4-5,7-8,10H2. The summed E-state index contributed by atoms with van der Waals surface area (Å²) in [5.41, 5.74) is 0. The highest BCUT2D eigenvalue weighted by Gasteiger charge is 2.18. The number of aryl methyl sites for hydroxylation is 1. The fourth-order valence-electron chi connectivity index (χ4n) is 2.51. The zero-order chi connectivity index (χ0) is 10.5. The van der Waals surface area contributed by atoms with Crippen LogP contribution in [0.15, 0.2) is 22.8 Å². The monoisotopic (exact) mass is 208 g/mol. The Hall–Kier alpha value is -0.760. The molecule has 1 aliphatic rings. The van der Waals surface area contributed by atoms with E-state index in [2.05, 4.69) is 0 Å². The molecule has 0 radical (unpaired) electrons. The van der Waals surface area contributed by atoms with Crippen LogP contribution in [0.25, 0.3) is 0 Å². The average molecular weight is 208 g/mol. The van der Waals surface area contributed by atoms with Crippen molar-refractivity contribution in [3.8, 4) is 0 Å². The summed E-state index contributed by atoms with van der Waals surface area (Å²) in [4.78, 5) is 0. The van der Waals surface area contributed by atoms with E-state index in [4.69, 9.17) is 4.42 Å². The summed E-state index contributed by atoms with van der Waals surface area (Å²) >= 11 is 0. The number of rotatable bonds is 5. The van der Waals surface area contributed by atoms with E-state index in [0.717, 1.165) is 30.9 Å². The molecule has 0 bridgehead atoms. The Bertz CT molecular complexity index is 260. The second-order valence-electron chi connectivity index (χ2n) is 4.66. The summed E-state index contributed by atoms with van der Waals surface area (Å²) in [6.07, 6.45) is 9.59. The molecule has 0 aromatic carbocycles. The van der Waals surface area contributed by atoms with Gasteiger partial charge in [-0.1, -0.05) is 25.7 Å². The third kappa shape index (κ3) is 3.38. The van der Waals surface area contributed by atoms with Crippen molar-refractivity contribution in [2.24, 2.45) is 5.92 Å². The summed E-state index contributed by atoms with van der Waals surface area (Å²) in [5.74, 6) is 1.76. The van der Waals surface area contributed by atoms with Crippen LogP contribution in [-0.4, -0.2) is 11.2 Å². The highest BCUT2D eigenvalue weighted by atomic mass is 16.3. The van der Waals surface area contributed by atoms with Gasteiger partial charge in [-0.2, -0.15) is 0 Å². The first-order valence-corrected chi connectivity index (χ1v) is 6.05. The molecule has 1 saturated carbocycles. The van der Waals surface area contributed by atoms with Gasteiger partial charge < -0.3 is 9.52 Å². The van der Waals surface area contributed by atoms with Gasteiger partial charge in [0, 0.05) is 6.42 Å². The summed E-state index contributed by atoms with van der Waals surface area (Å²) < 4.78 is 5.24. The van der Waals surface area contributed by atoms with E-state index in [-0.39, 0.29) is 6.10 Å². The van der Waals surface area contributed by atoms with Crippen molar-refractivity contribution in [2.75, 3.05) is 0 Å². The highest BCUT2D eigenvalue weighted by molar-refractivity contribution is 4.98. The second kappa shape index (κ2) is 5.36. The molecule has 0 aliphatic heterocycles. The van der Waals surface area contributed by atoms with Gasteiger partial charge >= 0.3 is 0 Å². The van der Waals surface area contributed by atoms with Gasteiger partial charge in [-0.3, -0.25) is 0 Å². The molecular weight excluding hydrogens is 188 g/mol. The Morgan fingerprint density at radius 2 is 2.20 bits per heavy atom. The average Bonchev–Trinajstić information content (AvgIpc) is 2.86. The van der Waals surface area contributed by atoms with Crippen LogP contribution in [0.4, 0.5) is 0 Å². The van der Waals surface area contributed by atoms with Gasteiger partial charge in [-0.05, 0) is 30.9 Å². The van der Waals surface area contributed by atoms with Gasteiger partial charge in [0.15, 0.2) is 0 Å². The molecule has 2 rings (SSSR count). The lowest BCUT2D eigenvalue weighted by atomic mass is 9.97. The number of hydrogen-bond donors (Lipinski definition) is 1. The van der Waals surface area contributed by atoms with E-state index < -0.39 is 0 Å². The number of aliphatic hydroxyl groups is 1. The minimum atomic E-state index is -0.141. The normalized spacial score (nSPS) is 19.5. The molecule has 15 heavy (non-hydrogen) atoms. The Balaban J connectivity index is 1.66. The van der Waals surface area contributed by atoms with Crippen molar-refractivity contribution in [1.29, 1.82) is 0 Å². The molecular formula is C13H20O2. The smallest absolute Gasteiger partial charge is 0.103 e. The Morgan fingerprint density at radius 1 is 1.40 bits per heavy atom. The third-order valence-corrected chi connectivity index (χ3v) is 3.38. The van der Waals surface area contributed by atoms with Crippen LogP contribution in [0.2, 0.25) is 0 Å². The fourth-order valence-corrected chi connectivity index (χ4v) is 2.51. The van der Waals surface area contributed by atoms with Crippen molar-refractivity contribution in [3.63, 3.8) is 0 Å². The maximum absolute atomic E-state index is 9.87. The first-order valence-electron chi connectivity index (χ1n) is 6.05. The van der Waals surface area contributed by atoms with E-state index in [0.29, 0.717) is 0 Å². The predicted octanol–water partition coefficient (Wildman–Crippen LogP) is 3.15. The summed E-state index contributed by atoms with van der Waals surface area (Å²) in [6, 6.07) is 3.88. The molecule has 1 atom stereocenters. The van der Waals surface area contributed by atoms with Gasteiger partial charge in [-0.15, -0.1) is 0 Å². The summed E-state index contributed by atoms with van der Waals surface area (Å²) in [7, 11) is 0. The molecule has 1 aromatic heterocycles. The van der Waals surface area contributed by atoms with E-state index in [1.807, 2.05) is 12.1 Å². The zero-order valence-electron chi connectivity index (χ0n) is 9.19. The van der Waals surface area contributed by atoms with Crippen molar-refractivity contribution < 1.29 is 9.52 Å². The molecule has 2 heteroatoms. The van der Waals surface area contributed by atoms with Crippen LogP contribution in [-0.2, 0) is 6.42 Å². The highest BCUT2D eigenvalue weighted by Crippen LogP contribution is 2.29. The quantitative estimate of drug-likeness (QED) is 0.806. The first-order chi connectivity index (χ1) is 7.34. The minimum Gasteiger partial charge on any atom is -0.469 e. The zero-order valence-corrected chi connectivity index (χ0v) is 9.19. The lowest BCUT2D eigenvalue weighted by Crippen LogP contribution is -2.12. The van der Waals surface area contributed by atoms with Crippen molar-refractivity contribution in [1.82, 2.24) is 0 Å². The van der Waals surface area contributed by atoms with Crippen molar-refractivity contribution in [2.45, 2.75) is 51.0 Å². The lowest BCUT2D eigenvalue weighted by Gasteiger charge is -2.14. The number of furan rings is 1. The Morgan fingerprint density at radius 3 is 2.87 bits per heavy atom. The molecule has 1 N–H and O–H groups in total. The number of aliphatic hydroxyl groups excluding tert-OH is 1. The van der Waals surface area contributed by atoms with Gasteiger partial charge in [0.1, 0.15) is 5.76 Å². The molecule has 1 heterocycles. The largest absolute Gasteiger partial charge is 0.469 e. The van der Waals surface area contributed by atoms with E-state index >= 15 is 0 Å². The molecule has 2 nitrogen and oxygen atoms in total. The van der Waals surface area contributed by atoms with Gasteiger partial charge in [0.25, 0.3) is 0 Å². The molecule has 0 saturated heterocycles. The minimum absolute atomic E-state index is 0.141. The summed E-state index contributed by atoms with van der Waals surface area (Å²) in [5, 5.41) is 9.87. The maximum Gasteiger partial charge on any atom is 0.103 e. The van der Waals surface area contributed by atoms with Gasteiger partial charge in [-0.25, -0.2) is 0 Å². The molecule has 1 unspecified atom stereocenters. The van der Waals surface area contributed by atoms with Crippen LogP contribution in [0.5, 0.6) is 0 Å². The lowest BCUT2D eigenvalue weighted by molar-refractivity contribution is 0.132. The predicted molar refractivity (Wildman–Crippen MR) is 59.6 cm³/mol. The van der Waals surface area contributed by atoms with E-state index in [1.54, 1.807) is 6.26 Å². The fraction of sp³-hybridized carbons (Fsp3) is 0.692. The van der Waals surface area contributed by atoms with Crippen LogP contribution in [0, 0.1) is 5.92 Å². The molecule has 0 spiro atoms. The van der Waals surface area contributed by atoms with Gasteiger partial charge in [0.2, 0.25) is 0 Å². The van der Waals surface area contributed by atoms with Crippen LogP contribution in [0.1, 0.15) is 44.3 Å². The van der Waals surface area contributed by atoms with Crippen LogP contribution in [0.3, 0.4) is 0 Å². The van der Waals surface area contributed by atoms with E-state index in [1.165, 1.54) is 25.7 Å². The van der Waals surface area contributed by atoms with Crippen LogP contribution < -0.4 is 0 Å². The molecule has 84 valence electrons. The molecule has 1 aromatic rings. The second-order valence-corrected chi connectivity index (χ2v) is 4.66. The van der Waals surface area contributed by atoms with E-state index in [9.17, 15) is 5.11 Å².